The zero-order chi connectivity index (χ0) is 10.7. The number of halogens is 3. The van der Waals surface area contributed by atoms with E-state index in [9.17, 15) is 8.78 Å². The highest BCUT2D eigenvalue weighted by molar-refractivity contribution is 9.08. The Hall–Kier alpha value is -0.710. The second-order valence-corrected chi connectivity index (χ2v) is 3.33. The van der Waals surface area contributed by atoms with Crippen molar-refractivity contribution in [1.82, 2.24) is 4.98 Å². The highest BCUT2D eigenvalue weighted by Crippen LogP contribution is 2.34. The van der Waals surface area contributed by atoms with Crippen molar-refractivity contribution >= 4 is 15.9 Å². The van der Waals surface area contributed by atoms with Crippen LogP contribution in [0, 0.1) is 6.92 Å². The number of pyridine rings is 1. The molecule has 0 N–H and O–H groups in total. The van der Waals surface area contributed by atoms with Crippen molar-refractivity contribution in [1.29, 1.82) is 0 Å². The molecular formula is C9H10BrF2NO. The molecule has 0 radical (unpaired) electrons. The van der Waals surface area contributed by atoms with Crippen LogP contribution in [0.15, 0.2) is 6.20 Å². The Morgan fingerprint density at radius 1 is 1.57 bits per heavy atom. The molecule has 0 aliphatic heterocycles. The second kappa shape index (κ2) is 4.68. The van der Waals surface area contributed by atoms with Gasteiger partial charge in [-0.3, -0.25) is 4.98 Å². The lowest BCUT2D eigenvalue weighted by molar-refractivity contribution is 0.146. The normalized spacial score (nSPS) is 10.7. The Labute approximate surface area is 89.4 Å². The van der Waals surface area contributed by atoms with Gasteiger partial charge in [0, 0.05) is 11.5 Å². The van der Waals surface area contributed by atoms with Crippen molar-refractivity contribution in [2.45, 2.75) is 18.7 Å². The van der Waals surface area contributed by atoms with Crippen LogP contribution in [0.2, 0.25) is 0 Å². The quantitative estimate of drug-likeness (QED) is 0.783. The summed E-state index contributed by atoms with van der Waals surface area (Å²) >= 11 is 3.17. The highest BCUT2D eigenvalue weighted by atomic mass is 79.9. The summed E-state index contributed by atoms with van der Waals surface area (Å²) in [6.45, 7) is 1.59. The number of aromatic nitrogens is 1. The summed E-state index contributed by atoms with van der Waals surface area (Å²) in [6.07, 6.45) is -1.11. The molecule has 0 aromatic carbocycles. The van der Waals surface area contributed by atoms with Gasteiger partial charge in [-0.15, -0.1) is 0 Å². The first kappa shape index (κ1) is 11.4. The van der Waals surface area contributed by atoms with Crippen molar-refractivity contribution in [2.75, 3.05) is 7.11 Å². The molecule has 1 heterocycles. The molecule has 78 valence electrons. The predicted molar refractivity (Wildman–Crippen MR) is 53.1 cm³/mol. The Morgan fingerprint density at radius 2 is 2.21 bits per heavy atom. The van der Waals surface area contributed by atoms with E-state index in [0.717, 1.165) is 0 Å². The minimum absolute atomic E-state index is 0.0723. The van der Waals surface area contributed by atoms with Gasteiger partial charge in [-0.05, 0) is 12.5 Å². The zero-order valence-electron chi connectivity index (χ0n) is 7.85. The Balaban J connectivity index is 3.35. The largest absolute Gasteiger partial charge is 0.494 e. The Bertz CT molecular complexity index is 331. The van der Waals surface area contributed by atoms with Crippen LogP contribution in [-0.2, 0) is 5.33 Å². The van der Waals surface area contributed by atoms with Crippen molar-refractivity contribution < 1.29 is 13.5 Å². The van der Waals surface area contributed by atoms with E-state index in [1.165, 1.54) is 13.3 Å². The summed E-state index contributed by atoms with van der Waals surface area (Å²) in [4.78, 5) is 4.01. The lowest BCUT2D eigenvalue weighted by Gasteiger charge is -2.13. The molecule has 2 nitrogen and oxygen atoms in total. The summed E-state index contributed by atoms with van der Waals surface area (Å²) < 4.78 is 30.3. The van der Waals surface area contributed by atoms with Gasteiger partial charge in [-0.2, -0.15) is 0 Å². The maximum atomic E-state index is 12.7. The minimum atomic E-state index is -2.54. The third-order valence-corrected chi connectivity index (χ3v) is 2.43. The predicted octanol–water partition coefficient (Wildman–Crippen LogP) is 3.23. The number of ether oxygens (including phenoxy) is 1. The van der Waals surface area contributed by atoms with Crippen LogP contribution in [-0.4, -0.2) is 12.1 Å². The van der Waals surface area contributed by atoms with E-state index in [0.29, 0.717) is 16.6 Å². The van der Waals surface area contributed by atoms with Crippen LogP contribution < -0.4 is 4.74 Å². The van der Waals surface area contributed by atoms with Crippen LogP contribution in [0.1, 0.15) is 23.2 Å². The summed E-state index contributed by atoms with van der Waals surface area (Å²) in [5.41, 5.74) is 0.868. The molecule has 1 rings (SSSR count). The molecule has 0 unspecified atom stereocenters. The number of hydrogen-bond acceptors (Lipinski definition) is 2. The van der Waals surface area contributed by atoms with Gasteiger partial charge in [0.25, 0.3) is 6.43 Å². The van der Waals surface area contributed by atoms with Crippen LogP contribution in [0.5, 0.6) is 5.75 Å². The highest BCUT2D eigenvalue weighted by Gasteiger charge is 2.20. The number of hydrogen-bond donors (Lipinski definition) is 0. The van der Waals surface area contributed by atoms with E-state index in [4.69, 9.17) is 4.74 Å². The molecule has 0 saturated heterocycles. The first-order valence-electron chi connectivity index (χ1n) is 3.98. The van der Waals surface area contributed by atoms with E-state index in [1.54, 1.807) is 6.92 Å². The average Bonchev–Trinajstić information content (AvgIpc) is 2.16. The molecule has 0 fully saturated rings. The average molecular weight is 266 g/mol. The first-order chi connectivity index (χ1) is 6.61. The van der Waals surface area contributed by atoms with Gasteiger partial charge in [0.2, 0.25) is 0 Å². The maximum absolute atomic E-state index is 12.7. The molecule has 14 heavy (non-hydrogen) atoms. The van der Waals surface area contributed by atoms with Crippen molar-refractivity contribution in [2.24, 2.45) is 0 Å². The third-order valence-electron chi connectivity index (χ3n) is 1.89. The molecule has 0 saturated carbocycles. The van der Waals surface area contributed by atoms with Crippen molar-refractivity contribution in [3.05, 3.63) is 23.0 Å². The maximum Gasteiger partial charge on any atom is 0.267 e. The van der Waals surface area contributed by atoms with Crippen LogP contribution >= 0.6 is 15.9 Å². The van der Waals surface area contributed by atoms with Gasteiger partial charge in [0.05, 0.1) is 18.4 Å². The van der Waals surface area contributed by atoms with E-state index < -0.39 is 6.43 Å². The summed E-state index contributed by atoms with van der Waals surface area (Å²) in [5, 5.41) is 0.399. The van der Waals surface area contributed by atoms with Crippen LogP contribution in [0.3, 0.4) is 0 Å². The van der Waals surface area contributed by atoms with E-state index in [1.807, 2.05) is 0 Å². The topological polar surface area (TPSA) is 22.1 Å². The number of alkyl halides is 3. The van der Waals surface area contributed by atoms with Crippen molar-refractivity contribution in [3.63, 3.8) is 0 Å². The van der Waals surface area contributed by atoms with Gasteiger partial charge in [-0.25, -0.2) is 8.78 Å². The monoisotopic (exact) mass is 265 g/mol. The van der Waals surface area contributed by atoms with Gasteiger partial charge < -0.3 is 4.74 Å². The molecule has 0 spiro atoms. The number of rotatable bonds is 3. The fourth-order valence-electron chi connectivity index (χ4n) is 1.23. The molecule has 0 atom stereocenters. The fourth-order valence-corrected chi connectivity index (χ4v) is 1.63. The van der Waals surface area contributed by atoms with E-state index >= 15 is 0 Å². The molecular weight excluding hydrogens is 256 g/mol. The molecule has 0 bridgehead atoms. The molecule has 5 heteroatoms. The SMILES string of the molecule is COc1c(CBr)ncc(C)c1C(F)F. The third kappa shape index (κ3) is 2.03. The van der Waals surface area contributed by atoms with Gasteiger partial charge in [0.1, 0.15) is 5.75 Å². The zero-order valence-corrected chi connectivity index (χ0v) is 9.44. The lowest BCUT2D eigenvalue weighted by atomic mass is 10.1. The van der Waals surface area contributed by atoms with Gasteiger partial charge >= 0.3 is 0 Å². The Morgan fingerprint density at radius 3 is 2.64 bits per heavy atom. The smallest absolute Gasteiger partial charge is 0.267 e. The van der Waals surface area contributed by atoms with Crippen molar-refractivity contribution in [3.8, 4) is 5.75 Å². The molecule has 1 aromatic rings. The fraction of sp³-hybridized carbons (Fsp3) is 0.444. The summed E-state index contributed by atoms with van der Waals surface area (Å²) in [7, 11) is 1.37. The number of methoxy groups -OCH3 is 1. The Kier molecular flexibility index (Phi) is 3.80. The molecule has 0 amide bonds. The van der Waals surface area contributed by atoms with E-state index in [2.05, 4.69) is 20.9 Å². The summed E-state index contributed by atoms with van der Waals surface area (Å²) in [5.74, 6) is 0.178. The standard InChI is InChI=1S/C9H10BrF2NO/c1-5-4-13-6(3-10)8(14-2)7(5)9(11)12/h4,9H,3H2,1-2H3. The molecule has 0 aliphatic carbocycles. The minimum Gasteiger partial charge on any atom is -0.494 e. The number of nitrogens with zero attached hydrogens (tertiary/aromatic N) is 1. The van der Waals surface area contributed by atoms with Gasteiger partial charge in [0.15, 0.2) is 0 Å². The van der Waals surface area contributed by atoms with Crippen LogP contribution in [0.25, 0.3) is 0 Å². The van der Waals surface area contributed by atoms with E-state index in [-0.39, 0.29) is 11.3 Å². The summed E-state index contributed by atoms with van der Waals surface area (Å²) in [6, 6.07) is 0. The molecule has 0 aliphatic rings. The first-order valence-corrected chi connectivity index (χ1v) is 5.10. The lowest BCUT2D eigenvalue weighted by Crippen LogP contribution is -2.01. The number of aryl methyl sites for hydroxylation is 1. The second-order valence-electron chi connectivity index (χ2n) is 2.77. The van der Waals surface area contributed by atoms with Crippen LogP contribution in [0.4, 0.5) is 8.78 Å². The molecule has 1 aromatic heterocycles. The van der Waals surface area contributed by atoms with Gasteiger partial charge in [-0.1, -0.05) is 15.9 Å².